The van der Waals surface area contributed by atoms with Gasteiger partial charge in [-0.15, -0.1) is 0 Å². The predicted molar refractivity (Wildman–Crippen MR) is 125 cm³/mol. The smallest absolute Gasteiger partial charge is 0.191 e. The van der Waals surface area contributed by atoms with Crippen LogP contribution in [0.5, 0.6) is 0 Å². The molecular formula is C24H48O3Si. The van der Waals surface area contributed by atoms with Crippen molar-refractivity contribution in [3.63, 3.8) is 0 Å². The summed E-state index contributed by atoms with van der Waals surface area (Å²) in [5.41, 5.74) is 0. The van der Waals surface area contributed by atoms with Gasteiger partial charge < -0.3 is 14.6 Å². The maximum Gasteiger partial charge on any atom is 0.191 e. The van der Waals surface area contributed by atoms with Gasteiger partial charge in [-0.05, 0) is 37.4 Å². The van der Waals surface area contributed by atoms with Crippen molar-refractivity contribution in [3.8, 4) is 0 Å². The molecule has 166 valence electrons. The minimum Gasteiger partial charge on any atom is -0.417 e. The zero-order chi connectivity index (χ0) is 21.5. The van der Waals surface area contributed by atoms with Crippen LogP contribution >= 0.6 is 0 Å². The van der Waals surface area contributed by atoms with E-state index in [1.165, 1.54) is 19.3 Å². The zero-order valence-electron chi connectivity index (χ0n) is 19.5. The van der Waals surface area contributed by atoms with Crippen molar-refractivity contribution in [3.05, 3.63) is 24.3 Å². The Morgan fingerprint density at radius 1 is 0.786 bits per heavy atom. The molecule has 0 bridgehead atoms. The van der Waals surface area contributed by atoms with Gasteiger partial charge in [0.15, 0.2) is 8.32 Å². The van der Waals surface area contributed by atoms with E-state index < -0.39 is 14.4 Å². The van der Waals surface area contributed by atoms with Gasteiger partial charge in [0, 0.05) is 6.61 Å². The molecular weight excluding hydrogens is 364 g/mol. The van der Waals surface area contributed by atoms with Gasteiger partial charge >= 0.3 is 0 Å². The number of unbranched alkanes of at least 4 members (excludes halogenated alkanes) is 6. The standard InChI is InChI=1S/C24H48O3Si/c1-7-8-9-12-17-22(25)19-14-15-20-23(26)18-13-10-11-16-21-27-28(5,6)24(2,3)4/h14-15,19-20,22-23,25-26H,7-13,16-18,21H2,1-6H3/b19-14+,20-15+. The Labute approximate surface area is 176 Å². The highest BCUT2D eigenvalue weighted by atomic mass is 28.4. The molecule has 0 spiro atoms. The second kappa shape index (κ2) is 15.4. The molecule has 0 fully saturated rings. The lowest BCUT2D eigenvalue weighted by molar-refractivity contribution is 0.206. The SMILES string of the molecule is CCCCCCC(O)/C=C/C=C/C(O)CCCCCCO[Si](C)(C)C(C)(C)C. The summed E-state index contributed by atoms with van der Waals surface area (Å²) >= 11 is 0. The lowest BCUT2D eigenvalue weighted by Gasteiger charge is -2.36. The maximum atomic E-state index is 10.0. The van der Waals surface area contributed by atoms with E-state index in [9.17, 15) is 10.2 Å². The van der Waals surface area contributed by atoms with Gasteiger partial charge in [0.25, 0.3) is 0 Å². The van der Waals surface area contributed by atoms with Crippen LogP contribution in [-0.4, -0.2) is 37.3 Å². The summed E-state index contributed by atoms with van der Waals surface area (Å²) in [4.78, 5) is 0. The molecule has 4 heteroatoms. The first-order valence-electron chi connectivity index (χ1n) is 11.4. The molecule has 0 aromatic carbocycles. The van der Waals surface area contributed by atoms with Crippen molar-refractivity contribution in [1.82, 2.24) is 0 Å². The summed E-state index contributed by atoms with van der Waals surface area (Å²) in [6.07, 6.45) is 17.4. The number of aliphatic hydroxyl groups excluding tert-OH is 2. The van der Waals surface area contributed by atoms with Crippen molar-refractivity contribution >= 4 is 8.32 Å². The van der Waals surface area contributed by atoms with Crippen LogP contribution in [0.25, 0.3) is 0 Å². The van der Waals surface area contributed by atoms with Crippen molar-refractivity contribution in [2.24, 2.45) is 0 Å². The normalized spacial score (nSPS) is 15.6. The summed E-state index contributed by atoms with van der Waals surface area (Å²) in [5, 5.41) is 20.2. The molecule has 0 heterocycles. The van der Waals surface area contributed by atoms with E-state index in [0.717, 1.165) is 51.6 Å². The molecule has 0 radical (unpaired) electrons. The Kier molecular flexibility index (Phi) is 15.2. The van der Waals surface area contributed by atoms with Crippen LogP contribution in [0.1, 0.15) is 91.9 Å². The molecule has 0 amide bonds. The van der Waals surface area contributed by atoms with E-state index in [1.54, 1.807) is 0 Å². The largest absolute Gasteiger partial charge is 0.417 e. The molecule has 0 aliphatic rings. The lowest BCUT2D eigenvalue weighted by atomic mass is 10.1. The topological polar surface area (TPSA) is 49.7 Å². The molecule has 0 aliphatic heterocycles. The highest BCUT2D eigenvalue weighted by molar-refractivity contribution is 6.74. The van der Waals surface area contributed by atoms with E-state index in [4.69, 9.17) is 4.43 Å². The van der Waals surface area contributed by atoms with E-state index in [1.807, 2.05) is 24.3 Å². The third-order valence-corrected chi connectivity index (χ3v) is 10.3. The van der Waals surface area contributed by atoms with Crippen LogP contribution in [0.15, 0.2) is 24.3 Å². The van der Waals surface area contributed by atoms with Crippen LogP contribution in [0.2, 0.25) is 18.1 Å². The Balaban J connectivity index is 3.72. The zero-order valence-corrected chi connectivity index (χ0v) is 20.5. The summed E-state index contributed by atoms with van der Waals surface area (Å²) < 4.78 is 6.19. The monoisotopic (exact) mass is 412 g/mol. The fourth-order valence-corrected chi connectivity index (χ4v) is 3.80. The molecule has 28 heavy (non-hydrogen) atoms. The van der Waals surface area contributed by atoms with Crippen molar-refractivity contribution < 1.29 is 14.6 Å². The fourth-order valence-electron chi connectivity index (χ4n) is 2.71. The Bertz CT molecular complexity index is 424. The van der Waals surface area contributed by atoms with Crippen LogP contribution in [0, 0.1) is 0 Å². The fraction of sp³-hybridized carbons (Fsp3) is 0.833. The average Bonchev–Trinajstić information content (AvgIpc) is 2.60. The summed E-state index contributed by atoms with van der Waals surface area (Å²) in [6.45, 7) is 14.5. The predicted octanol–water partition coefficient (Wildman–Crippen LogP) is 6.76. The minimum atomic E-state index is -1.60. The second-order valence-corrected chi connectivity index (χ2v) is 14.4. The molecule has 0 aliphatic carbocycles. The number of rotatable bonds is 16. The Morgan fingerprint density at radius 3 is 1.71 bits per heavy atom. The molecule has 2 N–H and O–H groups in total. The van der Waals surface area contributed by atoms with Gasteiger partial charge in [-0.25, -0.2) is 0 Å². The van der Waals surface area contributed by atoms with Crippen molar-refractivity contribution in [1.29, 1.82) is 0 Å². The lowest BCUT2D eigenvalue weighted by Crippen LogP contribution is -2.40. The molecule has 0 aromatic rings. The van der Waals surface area contributed by atoms with E-state index in [0.29, 0.717) is 0 Å². The maximum absolute atomic E-state index is 10.0. The molecule has 0 aromatic heterocycles. The number of hydrogen-bond donors (Lipinski definition) is 2. The molecule has 2 atom stereocenters. The van der Waals surface area contributed by atoms with Crippen LogP contribution in [0.3, 0.4) is 0 Å². The highest BCUT2D eigenvalue weighted by Crippen LogP contribution is 2.36. The van der Waals surface area contributed by atoms with Gasteiger partial charge in [0.2, 0.25) is 0 Å². The molecule has 3 nitrogen and oxygen atoms in total. The Hall–Kier alpha value is -0.423. The molecule has 0 rings (SSSR count). The number of aliphatic hydroxyl groups is 2. The highest BCUT2D eigenvalue weighted by Gasteiger charge is 2.36. The second-order valence-electron chi connectivity index (χ2n) is 9.57. The molecule has 0 saturated carbocycles. The minimum absolute atomic E-state index is 0.281. The van der Waals surface area contributed by atoms with Crippen LogP contribution < -0.4 is 0 Å². The first-order chi connectivity index (χ1) is 13.1. The number of hydrogen-bond acceptors (Lipinski definition) is 3. The molecule has 0 saturated heterocycles. The van der Waals surface area contributed by atoms with E-state index in [-0.39, 0.29) is 11.1 Å². The quantitative estimate of drug-likeness (QED) is 0.167. The third kappa shape index (κ3) is 14.6. The summed E-state index contributed by atoms with van der Waals surface area (Å²) in [7, 11) is -1.60. The average molecular weight is 413 g/mol. The van der Waals surface area contributed by atoms with Crippen LogP contribution in [-0.2, 0) is 4.43 Å². The van der Waals surface area contributed by atoms with Gasteiger partial charge in [-0.3, -0.25) is 0 Å². The van der Waals surface area contributed by atoms with Crippen molar-refractivity contribution in [2.45, 2.75) is 122 Å². The van der Waals surface area contributed by atoms with Crippen LogP contribution in [0.4, 0.5) is 0 Å². The van der Waals surface area contributed by atoms with Gasteiger partial charge in [-0.2, -0.15) is 0 Å². The van der Waals surface area contributed by atoms with E-state index >= 15 is 0 Å². The van der Waals surface area contributed by atoms with E-state index in [2.05, 4.69) is 40.8 Å². The first kappa shape index (κ1) is 27.6. The van der Waals surface area contributed by atoms with Gasteiger partial charge in [-0.1, -0.05) is 96.9 Å². The first-order valence-corrected chi connectivity index (χ1v) is 14.4. The molecule has 2 unspecified atom stereocenters. The van der Waals surface area contributed by atoms with Gasteiger partial charge in [0.05, 0.1) is 12.2 Å². The summed E-state index contributed by atoms with van der Waals surface area (Å²) in [5.74, 6) is 0. The van der Waals surface area contributed by atoms with Gasteiger partial charge in [0.1, 0.15) is 0 Å². The summed E-state index contributed by atoms with van der Waals surface area (Å²) in [6, 6.07) is 0. The number of allylic oxidation sites excluding steroid dienone is 2. The van der Waals surface area contributed by atoms with Crippen molar-refractivity contribution in [2.75, 3.05) is 6.61 Å². The Morgan fingerprint density at radius 2 is 1.25 bits per heavy atom. The third-order valence-electron chi connectivity index (χ3n) is 5.79.